The van der Waals surface area contributed by atoms with E-state index in [0.29, 0.717) is 6.61 Å². The molecule has 0 rings (SSSR count). The molecule has 0 aromatic carbocycles. The van der Waals surface area contributed by atoms with Crippen molar-refractivity contribution in [2.75, 3.05) is 19.8 Å². The van der Waals surface area contributed by atoms with E-state index in [9.17, 15) is 4.57 Å². The first-order chi connectivity index (χ1) is 9.06. The zero-order chi connectivity index (χ0) is 14.4. The van der Waals surface area contributed by atoms with Crippen LogP contribution in [-0.4, -0.2) is 29.6 Å². The number of hydrogen-bond donors (Lipinski definition) is 2. The number of unbranched alkanes of at least 4 members (excludes halogenated alkanes) is 3. The molecule has 0 bridgehead atoms. The highest BCUT2D eigenvalue weighted by Crippen LogP contribution is 2.35. The van der Waals surface area contributed by atoms with Gasteiger partial charge in [0, 0.05) is 0 Å². The Balaban J connectivity index is 3.01. The van der Waals surface area contributed by atoms with Gasteiger partial charge in [0.25, 0.3) is 0 Å². The molecular weight excluding hydrogens is 287 g/mol. The molecule has 0 saturated heterocycles. The summed E-state index contributed by atoms with van der Waals surface area (Å²) in [6, 6.07) is 0. The predicted octanol–water partition coefficient (Wildman–Crippen LogP) is 1.35. The fourth-order valence-corrected chi connectivity index (χ4v) is 1.22. The highest BCUT2D eigenvalue weighted by Gasteiger charge is 2.12. The van der Waals surface area contributed by atoms with Crippen LogP contribution in [0.3, 0.4) is 0 Å². The summed E-state index contributed by atoms with van der Waals surface area (Å²) in [5, 5.41) is 15.8. The summed E-state index contributed by atoms with van der Waals surface area (Å²) in [6.07, 6.45) is 4.10. The van der Waals surface area contributed by atoms with E-state index in [1.807, 2.05) is 0 Å². The fraction of sp³-hybridized carbons (Fsp3) is 1.00. The minimum atomic E-state index is -4.50. The van der Waals surface area contributed by atoms with Crippen LogP contribution in [0.4, 0.5) is 0 Å². The van der Waals surface area contributed by atoms with Crippen molar-refractivity contribution >= 4 is 7.82 Å². The molecule has 19 heavy (non-hydrogen) atoms. The molecule has 2 N–H and O–H groups in total. The normalized spacial score (nSPS) is 11.9. The molecule has 0 radical (unpaired) electrons. The maximum absolute atomic E-state index is 10.2. The Kier molecular flexibility index (Phi) is 12.8. The number of hydrogen-bond acceptors (Lipinski definition) is 8. The Labute approximate surface area is 110 Å². The Hall–Kier alpha value is -0.130. The molecule has 11 heteroatoms. The lowest BCUT2D eigenvalue weighted by Gasteiger charge is -2.04. The third-order valence-corrected chi connectivity index (χ3v) is 2.21. The maximum Gasteiger partial charge on any atom is 0.469 e. The van der Waals surface area contributed by atoms with Gasteiger partial charge in [-0.15, -0.1) is 0 Å². The second kappa shape index (κ2) is 12.9. The smallest absolute Gasteiger partial charge is 0.303 e. The Morgan fingerprint density at radius 2 is 1.47 bits per heavy atom. The van der Waals surface area contributed by atoms with Gasteiger partial charge in [-0.3, -0.25) is 4.52 Å². The first-order valence-electron chi connectivity index (χ1n) is 5.67. The summed E-state index contributed by atoms with van der Waals surface area (Å²) in [7, 11) is -4.50. The minimum absolute atomic E-state index is 0.285. The SMILES string of the molecule is CCCCCCOOOOOOCCOP(=O)(O)O. The van der Waals surface area contributed by atoms with Crippen LogP contribution in [0.25, 0.3) is 0 Å². The van der Waals surface area contributed by atoms with Gasteiger partial charge in [-0.05, 0) is 26.6 Å². The summed E-state index contributed by atoms with van der Waals surface area (Å²) in [6.45, 7) is 1.77. The summed E-state index contributed by atoms with van der Waals surface area (Å²) in [5.74, 6) is 0. The molecule has 0 aliphatic heterocycles. The largest absolute Gasteiger partial charge is 0.469 e. The van der Waals surface area contributed by atoms with E-state index in [1.54, 1.807) is 0 Å². The van der Waals surface area contributed by atoms with Crippen LogP contribution in [0.15, 0.2) is 0 Å². The third kappa shape index (κ3) is 17.9. The van der Waals surface area contributed by atoms with Crippen molar-refractivity contribution in [1.29, 1.82) is 0 Å². The van der Waals surface area contributed by atoms with Gasteiger partial charge in [-0.1, -0.05) is 26.2 Å². The van der Waals surface area contributed by atoms with Crippen LogP contribution in [0, 0.1) is 0 Å². The van der Waals surface area contributed by atoms with E-state index >= 15 is 0 Å². The molecule has 0 unspecified atom stereocenters. The third-order valence-electron chi connectivity index (χ3n) is 1.69. The van der Waals surface area contributed by atoms with Crippen molar-refractivity contribution in [2.24, 2.45) is 0 Å². The lowest BCUT2D eigenvalue weighted by Crippen LogP contribution is -2.06. The van der Waals surface area contributed by atoms with Crippen molar-refractivity contribution in [3.05, 3.63) is 0 Å². The highest BCUT2D eigenvalue weighted by molar-refractivity contribution is 7.46. The fourth-order valence-electron chi connectivity index (χ4n) is 0.908. The number of rotatable bonds is 14. The zero-order valence-electron chi connectivity index (χ0n) is 10.6. The Morgan fingerprint density at radius 1 is 0.842 bits per heavy atom. The van der Waals surface area contributed by atoms with Gasteiger partial charge >= 0.3 is 7.82 Å². The molecule has 0 fully saturated rings. The summed E-state index contributed by atoms with van der Waals surface area (Å²) < 4.78 is 14.2. The molecule has 0 heterocycles. The molecule has 0 saturated carbocycles. The van der Waals surface area contributed by atoms with E-state index < -0.39 is 7.82 Å². The topological polar surface area (TPSA) is 122 Å². The standard InChI is InChI=1S/C8H19O10P/c1-2-3-4-5-6-12-15-17-18-16-13-7-8-14-19(9,10)11/h2-8H2,1H3,(H2,9,10,11). The van der Waals surface area contributed by atoms with Crippen LogP contribution >= 0.6 is 7.82 Å². The van der Waals surface area contributed by atoms with Crippen LogP contribution in [0.5, 0.6) is 0 Å². The summed E-state index contributed by atoms with van der Waals surface area (Å²) in [4.78, 5) is 25.4. The molecule has 0 aliphatic rings. The van der Waals surface area contributed by atoms with Crippen molar-refractivity contribution in [3.8, 4) is 0 Å². The number of phosphoric ester groups is 1. The van der Waals surface area contributed by atoms with Crippen LogP contribution in [0.2, 0.25) is 0 Å². The molecule has 116 valence electrons. The van der Waals surface area contributed by atoms with Gasteiger partial charge < -0.3 is 9.79 Å². The highest BCUT2D eigenvalue weighted by atomic mass is 31.2. The van der Waals surface area contributed by atoms with E-state index in [2.05, 4.69) is 41.4 Å². The molecule has 0 amide bonds. The van der Waals surface area contributed by atoms with Crippen molar-refractivity contribution in [1.82, 2.24) is 0 Å². The maximum atomic E-state index is 10.2. The molecule has 0 aromatic heterocycles. The van der Waals surface area contributed by atoms with Crippen molar-refractivity contribution in [2.45, 2.75) is 32.6 Å². The molecule has 0 aliphatic carbocycles. The first-order valence-corrected chi connectivity index (χ1v) is 7.20. The van der Waals surface area contributed by atoms with Gasteiger partial charge in [0.1, 0.15) is 6.61 Å². The van der Waals surface area contributed by atoms with E-state index in [4.69, 9.17) is 9.79 Å². The van der Waals surface area contributed by atoms with E-state index in [1.165, 1.54) is 0 Å². The van der Waals surface area contributed by atoms with Crippen LogP contribution in [-0.2, 0) is 39.0 Å². The Bertz CT molecular complexity index is 232. The number of phosphoric acid groups is 1. The monoisotopic (exact) mass is 306 g/mol. The zero-order valence-corrected chi connectivity index (χ0v) is 11.5. The van der Waals surface area contributed by atoms with E-state index in [-0.39, 0.29) is 13.2 Å². The molecule has 0 spiro atoms. The van der Waals surface area contributed by atoms with Gasteiger partial charge in [-0.2, -0.15) is 0 Å². The van der Waals surface area contributed by atoms with Gasteiger partial charge in [0.15, 0.2) is 0 Å². The van der Waals surface area contributed by atoms with Gasteiger partial charge in [0.2, 0.25) is 0 Å². The summed E-state index contributed by atoms with van der Waals surface area (Å²) >= 11 is 0. The van der Waals surface area contributed by atoms with E-state index in [0.717, 1.165) is 25.7 Å². The molecule has 10 nitrogen and oxygen atoms in total. The minimum Gasteiger partial charge on any atom is -0.303 e. The lowest BCUT2D eigenvalue weighted by atomic mass is 10.2. The molecule has 0 atom stereocenters. The molecular formula is C8H19O10P. The van der Waals surface area contributed by atoms with Crippen LogP contribution < -0.4 is 0 Å². The predicted molar refractivity (Wildman–Crippen MR) is 58.4 cm³/mol. The molecule has 0 aromatic rings. The quantitative estimate of drug-likeness (QED) is 0.210. The second-order valence-corrected chi connectivity index (χ2v) is 4.54. The lowest BCUT2D eigenvalue weighted by molar-refractivity contribution is -0.756. The Morgan fingerprint density at radius 3 is 2.05 bits per heavy atom. The summed E-state index contributed by atoms with van der Waals surface area (Å²) in [5.41, 5.74) is 0. The van der Waals surface area contributed by atoms with Crippen LogP contribution in [0.1, 0.15) is 32.6 Å². The van der Waals surface area contributed by atoms with Crippen molar-refractivity contribution < 1.29 is 48.8 Å². The average molecular weight is 306 g/mol. The van der Waals surface area contributed by atoms with Crippen molar-refractivity contribution in [3.63, 3.8) is 0 Å². The second-order valence-electron chi connectivity index (χ2n) is 3.30. The first kappa shape index (κ1) is 18.9. The van der Waals surface area contributed by atoms with Gasteiger partial charge in [-0.25, -0.2) is 14.3 Å². The average Bonchev–Trinajstić information content (AvgIpc) is 2.34. The van der Waals surface area contributed by atoms with Gasteiger partial charge in [0.05, 0.1) is 13.2 Å².